The van der Waals surface area contributed by atoms with E-state index in [1.165, 1.54) is 0 Å². The van der Waals surface area contributed by atoms with E-state index in [0.717, 1.165) is 0 Å². The van der Waals surface area contributed by atoms with Crippen LogP contribution in [0.4, 0.5) is 0 Å². The molecule has 1 aliphatic rings. The van der Waals surface area contributed by atoms with Gasteiger partial charge in [0.05, 0.1) is 5.75 Å². The highest BCUT2D eigenvalue weighted by Gasteiger charge is 2.34. The Balaban J connectivity index is 2.81. The van der Waals surface area contributed by atoms with Crippen molar-refractivity contribution in [3.8, 4) is 0 Å². The number of hydrogen-bond acceptors (Lipinski definition) is 4. The van der Waals surface area contributed by atoms with E-state index in [2.05, 4.69) is 0 Å². The van der Waals surface area contributed by atoms with E-state index in [0.29, 0.717) is 12.8 Å². The molecule has 1 saturated heterocycles. The largest absolute Gasteiger partial charge is 0.330 e. The van der Waals surface area contributed by atoms with Crippen molar-refractivity contribution >= 4 is 15.6 Å². The quantitative estimate of drug-likeness (QED) is 0.637. The van der Waals surface area contributed by atoms with Crippen LogP contribution in [0, 0.1) is 0 Å². The van der Waals surface area contributed by atoms with Crippen molar-refractivity contribution in [1.29, 1.82) is 0 Å². The number of nitrogens with two attached hydrogens (primary N) is 1. The van der Waals surface area contributed by atoms with E-state index < -0.39 is 15.1 Å². The molecule has 12 heavy (non-hydrogen) atoms. The van der Waals surface area contributed by atoms with Gasteiger partial charge in [0, 0.05) is 6.42 Å². The third-order valence-electron chi connectivity index (χ3n) is 2.07. The second-order valence-electron chi connectivity index (χ2n) is 3.00. The molecule has 0 saturated carbocycles. The second-order valence-corrected chi connectivity index (χ2v) is 5.31. The molecule has 1 heterocycles. The lowest BCUT2D eigenvalue weighted by atomic mass is 10.1. The Labute approximate surface area is 72.0 Å². The minimum atomic E-state index is -3.16. The fraction of sp³-hybridized carbons (Fsp3) is 0.857. The molecule has 0 aromatic carbocycles. The predicted molar refractivity (Wildman–Crippen MR) is 45.5 cm³/mol. The topological polar surface area (TPSA) is 77.2 Å². The van der Waals surface area contributed by atoms with Crippen LogP contribution < -0.4 is 5.73 Å². The van der Waals surface area contributed by atoms with Crippen molar-refractivity contribution in [3.05, 3.63) is 0 Å². The van der Waals surface area contributed by atoms with Gasteiger partial charge in [-0.05, 0) is 19.4 Å². The fourth-order valence-corrected chi connectivity index (χ4v) is 3.29. The van der Waals surface area contributed by atoms with Crippen LogP contribution in [0.2, 0.25) is 0 Å². The predicted octanol–water partition coefficient (Wildman–Crippen LogP) is -0.519. The number of ketones is 1. The van der Waals surface area contributed by atoms with Crippen molar-refractivity contribution in [2.75, 3.05) is 12.3 Å². The molecule has 1 atom stereocenters. The highest BCUT2D eigenvalue weighted by Crippen LogP contribution is 2.18. The summed E-state index contributed by atoms with van der Waals surface area (Å²) in [4.78, 5) is 11.2. The Morgan fingerprint density at radius 1 is 1.50 bits per heavy atom. The van der Waals surface area contributed by atoms with E-state index in [1.54, 1.807) is 0 Å². The number of carbonyl (C=O) groups is 1. The Kier molecular flexibility index (Phi) is 2.85. The first-order chi connectivity index (χ1) is 5.58. The minimum absolute atomic E-state index is 0.142. The van der Waals surface area contributed by atoms with Crippen LogP contribution >= 0.6 is 0 Å². The van der Waals surface area contributed by atoms with Crippen LogP contribution in [0.15, 0.2) is 0 Å². The van der Waals surface area contributed by atoms with Gasteiger partial charge in [0.2, 0.25) is 0 Å². The molecule has 2 N–H and O–H groups in total. The Morgan fingerprint density at radius 2 is 2.17 bits per heavy atom. The van der Waals surface area contributed by atoms with Gasteiger partial charge in [0.25, 0.3) is 0 Å². The summed E-state index contributed by atoms with van der Waals surface area (Å²) < 4.78 is 22.6. The molecule has 1 aliphatic heterocycles. The molecule has 1 unspecified atom stereocenters. The van der Waals surface area contributed by atoms with E-state index in [4.69, 9.17) is 5.73 Å². The standard InChI is InChI=1S/C7H13NO3S/c8-4-3-7-6(9)2-1-5-12(7,10)11/h7H,1-5,8H2. The fourth-order valence-electron chi connectivity index (χ4n) is 1.44. The molecule has 70 valence electrons. The van der Waals surface area contributed by atoms with Gasteiger partial charge in [-0.1, -0.05) is 0 Å². The van der Waals surface area contributed by atoms with Crippen molar-refractivity contribution in [2.45, 2.75) is 24.5 Å². The molecule has 0 aromatic rings. The molecule has 0 bridgehead atoms. The maximum Gasteiger partial charge on any atom is 0.160 e. The number of sulfone groups is 1. The molecule has 0 radical (unpaired) electrons. The van der Waals surface area contributed by atoms with Gasteiger partial charge >= 0.3 is 0 Å². The summed E-state index contributed by atoms with van der Waals surface area (Å²) in [5, 5.41) is -0.809. The highest BCUT2D eigenvalue weighted by atomic mass is 32.2. The Hall–Kier alpha value is -0.420. The molecule has 0 aliphatic carbocycles. The number of Topliss-reactive ketones (excluding diaryl/α,β-unsaturated/α-hetero) is 1. The number of rotatable bonds is 2. The van der Waals surface area contributed by atoms with E-state index in [-0.39, 0.29) is 24.5 Å². The first kappa shape index (κ1) is 9.67. The number of carbonyl (C=O) groups excluding carboxylic acids is 1. The van der Waals surface area contributed by atoms with Gasteiger partial charge in [-0.25, -0.2) is 8.42 Å². The van der Waals surface area contributed by atoms with Gasteiger partial charge < -0.3 is 5.73 Å². The Bertz CT molecular complexity index is 270. The lowest BCUT2D eigenvalue weighted by Crippen LogP contribution is -2.38. The van der Waals surface area contributed by atoms with Gasteiger partial charge in [0.1, 0.15) is 5.25 Å². The van der Waals surface area contributed by atoms with E-state index in [1.807, 2.05) is 0 Å². The smallest absolute Gasteiger partial charge is 0.160 e. The summed E-state index contributed by atoms with van der Waals surface area (Å²) in [6, 6.07) is 0. The van der Waals surface area contributed by atoms with Gasteiger partial charge in [-0.15, -0.1) is 0 Å². The molecule has 5 heteroatoms. The maximum absolute atomic E-state index is 11.3. The third-order valence-corrected chi connectivity index (χ3v) is 4.30. The average Bonchev–Trinajstić information content (AvgIpc) is 1.97. The maximum atomic E-state index is 11.3. The summed E-state index contributed by atoms with van der Waals surface area (Å²) in [6.45, 7) is 0.260. The lowest BCUT2D eigenvalue weighted by molar-refractivity contribution is -0.119. The molecule has 1 rings (SSSR count). The molecule has 1 fully saturated rings. The minimum Gasteiger partial charge on any atom is -0.330 e. The van der Waals surface area contributed by atoms with Crippen molar-refractivity contribution in [1.82, 2.24) is 0 Å². The first-order valence-electron chi connectivity index (χ1n) is 4.02. The second kappa shape index (κ2) is 3.53. The average molecular weight is 191 g/mol. The normalized spacial score (nSPS) is 28.8. The summed E-state index contributed by atoms with van der Waals surface area (Å²) in [5.41, 5.74) is 5.23. The number of hydrogen-bond donors (Lipinski definition) is 1. The van der Waals surface area contributed by atoms with Crippen LogP contribution in [-0.2, 0) is 14.6 Å². The third kappa shape index (κ3) is 1.84. The SMILES string of the molecule is NCCC1C(=O)CCCS1(=O)=O. The molecule has 0 amide bonds. The van der Waals surface area contributed by atoms with Crippen LogP contribution in [0.1, 0.15) is 19.3 Å². The van der Waals surface area contributed by atoms with Gasteiger partial charge in [-0.3, -0.25) is 4.79 Å². The van der Waals surface area contributed by atoms with Crippen molar-refractivity contribution in [3.63, 3.8) is 0 Å². The van der Waals surface area contributed by atoms with Gasteiger partial charge in [0.15, 0.2) is 15.6 Å². The van der Waals surface area contributed by atoms with Crippen LogP contribution in [0.25, 0.3) is 0 Å². The zero-order valence-corrected chi connectivity index (χ0v) is 7.64. The molecular formula is C7H13NO3S. The molecule has 4 nitrogen and oxygen atoms in total. The molecular weight excluding hydrogens is 178 g/mol. The lowest BCUT2D eigenvalue weighted by Gasteiger charge is -2.19. The Morgan fingerprint density at radius 3 is 2.67 bits per heavy atom. The zero-order chi connectivity index (χ0) is 9.19. The summed E-state index contributed by atoms with van der Waals surface area (Å²) in [7, 11) is -3.16. The van der Waals surface area contributed by atoms with E-state index in [9.17, 15) is 13.2 Å². The highest BCUT2D eigenvalue weighted by molar-refractivity contribution is 7.92. The summed E-state index contributed by atoms with van der Waals surface area (Å²) in [6.07, 6.45) is 1.15. The summed E-state index contributed by atoms with van der Waals surface area (Å²) in [5.74, 6) is -0.0182. The molecule has 0 aromatic heterocycles. The monoisotopic (exact) mass is 191 g/mol. The van der Waals surface area contributed by atoms with E-state index >= 15 is 0 Å². The van der Waals surface area contributed by atoms with Crippen LogP contribution in [0.3, 0.4) is 0 Å². The van der Waals surface area contributed by atoms with Gasteiger partial charge in [-0.2, -0.15) is 0 Å². The zero-order valence-electron chi connectivity index (χ0n) is 6.82. The van der Waals surface area contributed by atoms with Crippen LogP contribution in [0.5, 0.6) is 0 Å². The summed E-state index contributed by atoms with van der Waals surface area (Å²) >= 11 is 0. The van der Waals surface area contributed by atoms with Crippen molar-refractivity contribution in [2.24, 2.45) is 5.73 Å². The van der Waals surface area contributed by atoms with Crippen LogP contribution in [-0.4, -0.2) is 31.7 Å². The molecule has 0 spiro atoms. The first-order valence-corrected chi connectivity index (χ1v) is 5.74. The van der Waals surface area contributed by atoms with Crippen molar-refractivity contribution < 1.29 is 13.2 Å².